The van der Waals surface area contributed by atoms with Gasteiger partial charge in [0, 0.05) is 30.5 Å². The highest BCUT2D eigenvalue weighted by Crippen LogP contribution is 2.26. The number of amides is 2. The number of carbonyl (C=O) groups is 2. The summed E-state index contributed by atoms with van der Waals surface area (Å²) in [7, 11) is 1.61. The number of benzene rings is 2. The number of hydrogen-bond donors (Lipinski definition) is 2. The van der Waals surface area contributed by atoms with Gasteiger partial charge in [-0.15, -0.1) is 0 Å². The fraction of sp³-hybridized carbons (Fsp3) is 0.364. The Hall–Kier alpha value is -2.38. The second-order valence-electron chi connectivity index (χ2n) is 6.53. The zero-order valence-electron chi connectivity index (χ0n) is 16.8. The molecule has 0 aliphatic rings. The fourth-order valence-corrected chi connectivity index (χ4v) is 3.12. The second kappa shape index (κ2) is 12.2. The maximum Gasteiger partial charge on any atom is 0.255 e. The number of anilines is 2. The second-order valence-corrected chi connectivity index (χ2v) is 7.38. The summed E-state index contributed by atoms with van der Waals surface area (Å²) in [5, 5.41) is 5.72. The molecule has 0 saturated carbocycles. The molecular weight excluding hydrogens is 436 g/mol. The predicted octanol–water partition coefficient (Wildman–Crippen LogP) is 5.25. The van der Waals surface area contributed by atoms with Crippen LogP contribution in [0, 0.1) is 0 Å². The van der Waals surface area contributed by atoms with Gasteiger partial charge in [0.25, 0.3) is 5.91 Å². The van der Waals surface area contributed by atoms with Crippen molar-refractivity contribution in [3.05, 3.63) is 52.5 Å². The quantitative estimate of drug-likeness (QED) is 0.447. The highest BCUT2D eigenvalue weighted by molar-refractivity contribution is 9.10. The van der Waals surface area contributed by atoms with Crippen molar-refractivity contribution in [2.24, 2.45) is 0 Å². The molecule has 29 heavy (non-hydrogen) atoms. The van der Waals surface area contributed by atoms with Crippen LogP contribution in [0.5, 0.6) is 5.75 Å². The van der Waals surface area contributed by atoms with Crippen molar-refractivity contribution < 1.29 is 19.1 Å². The van der Waals surface area contributed by atoms with Gasteiger partial charge in [0.15, 0.2) is 0 Å². The first-order chi connectivity index (χ1) is 14.0. The van der Waals surface area contributed by atoms with Crippen molar-refractivity contribution in [1.82, 2.24) is 0 Å². The molecule has 0 atom stereocenters. The molecule has 0 unspecified atom stereocenters. The average Bonchev–Trinajstić information content (AvgIpc) is 2.69. The lowest BCUT2D eigenvalue weighted by atomic mass is 10.2. The van der Waals surface area contributed by atoms with E-state index in [2.05, 4.69) is 33.5 Å². The molecule has 0 aliphatic carbocycles. The van der Waals surface area contributed by atoms with Crippen LogP contribution in [0.2, 0.25) is 0 Å². The largest absolute Gasteiger partial charge is 0.490 e. The summed E-state index contributed by atoms with van der Waals surface area (Å²) in [5.74, 6) is 0.377. The first kappa shape index (κ1) is 22.9. The van der Waals surface area contributed by atoms with E-state index in [1.54, 1.807) is 49.6 Å². The molecule has 2 aromatic rings. The lowest BCUT2D eigenvalue weighted by Gasteiger charge is -2.11. The Balaban J connectivity index is 1.96. The summed E-state index contributed by atoms with van der Waals surface area (Å²) in [4.78, 5) is 24.5. The van der Waals surface area contributed by atoms with Crippen LogP contribution in [0.1, 0.15) is 43.0 Å². The monoisotopic (exact) mass is 462 g/mol. The van der Waals surface area contributed by atoms with Crippen molar-refractivity contribution in [3.8, 4) is 5.75 Å². The number of hydrogen-bond acceptors (Lipinski definition) is 4. The Kier molecular flexibility index (Phi) is 9.67. The van der Waals surface area contributed by atoms with E-state index in [1.807, 2.05) is 0 Å². The Bertz CT molecular complexity index is 826. The molecule has 0 bridgehead atoms. The van der Waals surface area contributed by atoms with Crippen LogP contribution in [0.3, 0.4) is 0 Å². The molecule has 0 spiro atoms. The van der Waals surface area contributed by atoms with Gasteiger partial charge in [-0.2, -0.15) is 0 Å². The van der Waals surface area contributed by atoms with Gasteiger partial charge in [-0.25, -0.2) is 0 Å². The zero-order valence-corrected chi connectivity index (χ0v) is 18.4. The molecular formula is C22H27BrN2O4. The van der Waals surface area contributed by atoms with Gasteiger partial charge in [-0.3, -0.25) is 9.59 Å². The van der Waals surface area contributed by atoms with Gasteiger partial charge in [0.05, 0.1) is 11.1 Å². The van der Waals surface area contributed by atoms with Crippen molar-refractivity contribution in [1.29, 1.82) is 0 Å². The molecule has 0 aromatic heterocycles. The first-order valence-corrected chi connectivity index (χ1v) is 10.5. The van der Waals surface area contributed by atoms with Crippen LogP contribution >= 0.6 is 15.9 Å². The minimum absolute atomic E-state index is 0.0186. The number of unbranched alkanes of at least 4 members (excludes halogenated alkanes) is 2. The molecule has 0 heterocycles. The molecule has 0 fully saturated rings. The van der Waals surface area contributed by atoms with Gasteiger partial charge >= 0.3 is 0 Å². The standard InChI is InChI=1S/C22H27BrN2O4/c1-3-4-5-9-21(26)24-17-7-6-8-18(15-17)25-22(27)16-10-11-20(19(23)14-16)29-13-12-28-2/h6-8,10-11,14-15H,3-5,9,12-13H2,1-2H3,(H,24,26)(H,25,27). The molecule has 0 radical (unpaired) electrons. The third-order valence-electron chi connectivity index (χ3n) is 4.15. The predicted molar refractivity (Wildman–Crippen MR) is 119 cm³/mol. The Morgan fingerprint density at radius 1 is 1.00 bits per heavy atom. The topological polar surface area (TPSA) is 76.7 Å². The summed E-state index contributed by atoms with van der Waals surface area (Å²) >= 11 is 3.42. The van der Waals surface area contributed by atoms with Gasteiger partial charge in [-0.1, -0.05) is 25.8 Å². The molecule has 0 aliphatic heterocycles. The maximum atomic E-state index is 12.6. The van der Waals surface area contributed by atoms with E-state index < -0.39 is 0 Å². The summed E-state index contributed by atoms with van der Waals surface area (Å²) < 4.78 is 11.2. The SMILES string of the molecule is CCCCCC(=O)Nc1cccc(NC(=O)c2ccc(OCCOC)c(Br)c2)c1. The minimum atomic E-state index is -0.249. The van der Waals surface area contributed by atoms with Crippen molar-refractivity contribution in [3.63, 3.8) is 0 Å². The van der Waals surface area contributed by atoms with Crippen LogP contribution in [-0.4, -0.2) is 32.1 Å². The normalized spacial score (nSPS) is 10.4. The van der Waals surface area contributed by atoms with Crippen LogP contribution in [0.25, 0.3) is 0 Å². The highest BCUT2D eigenvalue weighted by Gasteiger charge is 2.11. The van der Waals surface area contributed by atoms with Crippen molar-refractivity contribution in [2.45, 2.75) is 32.6 Å². The van der Waals surface area contributed by atoms with Gasteiger partial charge < -0.3 is 20.1 Å². The summed E-state index contributed by atoms with van der Waals surface area (Å²) in [6, 6.07) is 12.3. The minimum Gasteiger partial charge on any atom is -0.490 e. The number of rotatable bonds is 11. The van der Waals surface area contributed by atoms with Crippen LogP contribution in [0.4, 0.5) is 11.4 Å². The Labute approximate surface area is 180 Å². The van der Waals surface area contributed by atoms with E-state index in [1.165, 1.54) is 0 Å². The number of nitrogens with one attached hydrogen (secondary N) is 2. The third kappa shape index (κ3) is 7.87. The molecule has 2 N–H and O–H groups in total. The number of carbonyl (C=O) groups excluding carboxylic acids is 2. The Morgan fingerprint density at radius 2 is 1.76 bits per heavy atom. The van der Waals surface area contributed by atoms with E-state index in [4.69, 9.17) is 9.47 Å². The molecule has 156 valence electrons. The van der Waals surface area contributed by atoms with Crippen molar-refractivity contribution in [2.75, 3.05) is 31.0 Å². The zero-order chi connectivity index (χ0) is 21.1. The number of ether oxygens (including phenoxy) is 2. The summed E-state index contributed by atoms with van der Waals surface area (Å²) in [6.45, 7) is 3.02. The van der Waals surface area contributed by atoms with Crippen LogP contribution in [0.15, 0.2) is 46.9 Å². The highest BCUT2D eigenvalue weighted by atomic mass is 79.9. The number of methoxy groups -OCH3 is 1. The van der Waals surface area contributed by atoms with Crippen molar-refractivity contribution >= 4 is 39.1 Å². The summed E-state index contributed by atoms with van der Waals surface area (Å²) in [6.07, 6.45) is 3.48. The van der Waals surface area contributed by atoms with Crippen LogP contribution < -0.4 is 15.4 Å². The molecule has 2 aromatic carbocycles. The molecule has 0 saturated heterocycles. The first-order valence-electron chi connectivity index (χ1n) is 9.66. The number of halogens is 1. The van der Waals surface area contributed by atoms with E-state index >= 15 is 0 Å². The third-order valence-corrected chi connectivity index (χ3v) is 4.77. The van der Waals surface area contributed by atoms with E-state index in [0.717, 1.165) is 19.3 Å². The Morgan fingerprint density at radius 3 is 2.45 bits per heavy atom. The van der Waals surface area contributed by atoms with Crippen LogP contribution in [-0.2, 0) is 9.53 Å². The van der Waals surface area contributed by atoms with Gasteiger partial charge in [0.2, 0.25) is 5.91 Å². The van der Waals surface area contributed by atoms with E-state index in [9.17, 15) is 9.59 Å². The molecule has 7 heteroatoms. The lowest BCUT2D eigenvalue weighted by molar-refractivity contribution is -0.116. The van der Waals surface area contributed by atoms with Gasteiger partial charge in [-0.05, 0) is 58.7 Å². The molecule has 2 amide bonds. The molecule has 2 rings (SSSR count). The maximum absolute atomic E-state index is 12.6. The lowest BCUT2D eigenvalue weighted by Crippen LogP contribution is -2.14. The van der Waals surface area contributed by atoms with E-state index in [0.29, 0.717) is 46.8 Å². The summed E-state index contributed by atoms with van der Waals surface area (Å²) in [5.41, 5.74) is 1.76. The fourth-order valence-electron chi connectivity index (χ4n) is 2.63. The van der Waals surface area contributed by atoms with E-state index in [-0.39, 0.29) is 11.8 Å². The molecule has 6 nitrogen and oxygen atoms in total. The average molecular weight is 463 g/mol. The van der Waals surface area contributed by atoms with Gasteiger partial charge in [0.1, 0.15) is 12.4 Å². The smallest absolute Gasteiger partial charge is 0.255 e.